The number of halogens is 1. The number of aliphatic hydroxyl groups excluding tert-OH is 1. The zero-order valence-electron chi connectivity index (χ0n) is 12.3. The molecule has 2 N–H and O–H groups in total. The molecule has 2 atom stereocenters. The second-order valence-electron chi connectivity index (χ2n) is 5.26. The number of nitrogens with one attached hydrogen (secondary N) is 1. The SMILES string of the molecule is CC(C)CNC(=O)C(C)Oc1ccc(Br)cc1[C@H](C)O. The van der Waals surface area contributed by atoms with Crippen molar-refractivity contribution >= 4 is 21.8 Å². The molecule has 0 heterocycles. The van der Waals surface area contributed by atoms with Gasteiger partial charge in [0.15, 0.2) is 6.10 Å². The molecular weight excluding hydrogens is 322 g/mol. The van der Waals surface area contributed by atoms with Crippen LogP contribution in [0.2, 0.25) is 0 Å². The molecule has 112 valence electrons. The smallest absolute Gasteiger partial charge is 0.260 e. The molecule has 0 aliphatic carbocycles. The summed E-state index contributed by atoms with van der Waals surface area (Å²) >= 11 is 3.35. The van der Waals surface area contributed by atoms with Gasteiger partial charge in [0.2, 0.25) is 0 Å². The highest BCUT2D eigenvalue weighted by atomic mass is 79.9. The van der Waals surface area contributed by atoms with Gasteiger partial charge in [0, 0.05) is 16.6 Å². The summed E-state index contributed by atoms with van der Waals surface area (Å²) in [5.41, 5.74) is 0.655. The molecule has 20 heavy (non-hydrogen) atoms. The molecule has 1 amide bonds. The van der Waals surface area contributed by atoms with E-state index in [1.807, 2.05) is 19.9 Å². The number of hydrogen-bond donors (Lipinski definition) is 2. The summed E-state index contributed by atoms with van der Waals surface area (Å²) in [4.78, 5) is 11.9. The van der Waals surface area contributed by atoms with E-state index in [4.69, 9.17) is 4.74 Å². The van der Waals surface area contributed by atoms with Crippen molar-refractivity contribution in [1.82, 2.24) is 5.32 Å². The number of hydrogen-bond acceptors (Lipinski definition) is 3. The minimum absolute atomic E-state index is 0.154. The molecule has 1 aromatic rings. The molecule has 1 aromatic carbocycles. The Labute approximate surface area is 128 Å². The van der Waals surface area contributed by atoms with Crippen LogP contribution in [0.4, 0.5) is 0 Å². The summed E-state index contributed by atoms with van der Waals surface area (Å²) in [6.45, 7) is 8.05. The first-order valence-corrected chi connectivity index (χ1v) is 7.52. The first-order chi connectivity index (χ1) is 9.31. The first-order valence-electron chi connectivity index (χ1n) is 6.73. The van der Waals surface area contributed by atoms with Gasteiger partial charge < -0.3 is 15.2 Å². The van der Waals surface area contributed by atoms with Crippen molar-refractivity contribution in [1.29, 1.82) is 0 Å². The topological polar surface area (TPSA) is 58.6 Å². The van der Waals surface area contributed by atoms with Crippen LogP contribution in [0.25, 0.3) is 0 Å². The first kappa shape index (κ1) is 17.0. The highest BCUT2D eigenvalue weighted by molar-refractivity contribution is 9.10. The Balaban J connectivity index is 2.75. The lowest BCUT2D eigenvalue weighted by Gasteiger charge is -2.19. The van der Waals surface area contributed by atoms with Crippen molar-refractivity contribution in [3.8, 4) is 5.75 Å². The second kappa shape index (κ2) is 7.64. The molecule has 0 saturated carbocycles. The summed E-state index contributed by atoms with van der Waals surface area (Å²) in [6.07, 6.45) is -1.26. The van der Waals surface area contributed by atoms with Crippen LogP contribution in [0.3, 0.4) is 0 Å². The quantitative estimate of drug-likeness (QED) is 0.834. The van der Waals surface area contributed by atoms with E-state index in [1.165, 1.54) is 0 Å². The van der Waals surface area contributed by atoms with Crippen LogP contribution in [0, 0.1) is 5.92 Å². The molecule has 4 nitrogen and oxygen atoms in total. The van der Waals surface area contributed by atoms with E-state index in [1.54, 1.807) is 26.0 Å². The van der Waals surface area contributed by atoms with Gasteiger partial charge in [-0.25, -0.2) is 0 Å². The Morgan fingerprint density at radius 2 is 2.00 bits per heavy atom. The van der Waals surface area contributed by atoms with Gasteiger partial charge in [-0.3, -0.25) is 4.79 Å². The van der Waals surface area contributed by atoms with Gasteiger partial charge >= 0.3 is 0 Å². The van der Waals surface area contributed by atoms with E-state index < -0.39 is 12.2 Å². The predicted octanol–water partition coefficient (Wildman–Crippen LogP) is 3.04. The molecule has 0 saturated heterocycles. The van der Waals surface area contributed by atoms with Gasteiger partial charge in [-0.1, -0.05) is 29.8 Å². The molecule has 5 heteroatoms. The van der Waals surface area contributed by atoms with Crippen LogP contribution in [-0.2, 0) is 4.79 Å². The van der Waals surface area contributed by atoms with Crippen molar-refractivity contribution in [2.75, 3.05) is 6.54 Å². The van der Waals surface area contributed by atoms with Gasteiger partial charge in [-0.2, -0.15) is 0 Å². The third kappa shape index (κ3) is 5.13. The Morgan fingerprint density at radius 3 is 2.55 bits per heavy atom. The molecule has 0 aromatic heterocycles. The summed E-state index contributed by atoms with van der Waals surface area (Å²) < 4.78 is 6.52. The number of benzene rings is 1. The molecule has 0 aliphatic rings. The molecule has 0 fully saturated rings. The Morgan fingerprint density at radius 1 is 1.35 bits per heavy atom. The van der Waals surface area contributed by atoms with Crippen LogP contribution in [0.1, 0.15) is 39.4 Å². The highest BCUT2D eigenvalue weighted by Crippen LogP contribution is 2.29. The maximum absolute atomic E-state index is 11.9. The molecule has 1 unspecified atom stereocenters. The number of amides is 1. The van der Waals surface area contributed by atoms with Crippen molar-refractivity contribution in [3.05, 3.63) is 28.2 Å². The van der Waals surface area contributed by atoms with Gasteiger partial charge in [0.1, 0.15) is 5.75 Å². The molecule has 0 radical (unpaired) electrons. The normalized spacial score (nSPS) is 13.9. The fraction of sp³-hybridized carbons (Fsp3) is 0.533. The van der Waals surface area contributed by atoms with Crippen molar-refractivity contribution in [2.24, 2.45) is 5.92 Å². The predicted molar refractivity (Wildman–Crippen MR) is 82.7 cm³/mol. The third-order valence-electron chi connectivity index (χ3n) is 2.78. The lowest BCUT2D eigenvalue weighted by atomic mass is 10.1. The highest BCUT2D eigenvalue weighted by Gasteiger charge is 2.18. The number of ether oxygens (including phenoxy) is 1. The second-order valence-corrected chi connectivity index (χ2v) is 6.17. The van der Waals surface area contributed by atoms with E-state index in [2.05, 4.69) is 21.2 Å². The van der Waals surface area contributed by atoms with Crippen molar-refractivity contribution < 1.29 is 14.6 Å². The lowest BCUT2D eigenvalue weighted by Crippen LogP contribution is -2.38. The maximum Gasteiger partial charge on any atom is 0.260 e. The average Bonchev–Trinajstić information content (AvgIpc) is 2.37. The standard InChI is InChI=1S/C15H22BrNO3/c1-9(2)8-17-15(19)11(4)20-14-6-5-12(16)7-13(14)10(3)18/h5-7,9-11,18H,8H2,1-4H3,(H,17,19)/t10-,11?/m0/s1. The minimum Gasteiger partial charge on any atom is -0.481 e. The van der Waals surface area contributed by atoms with Gasteiger partial charge in [0.05, 0.1) is 6.10 Å². The summed E-state index contributed by atoms with van der Waals surface area (Å²) in [6, 6.07) is 5.36. The molecule has 0 bridgehead atoms. The van der Waals surface area contributed by atoms with Crippen LogP contribution in [-0.4, -0.2) is 23.7 Å². The van der Waals surface area contributed by atoms with Crippen LogP contribution in [0.5, 0.6) is 5.75 Å². The fourth-order valence-electron chi connectivity index (χ4n) is 1.65. The van der Waals surface area contributed by atoms with Crippen LogP contribution in [0.15, 0.2) is 22.7 Å². The zero-order chi connectivity index (χ0) is 15.3. The molecule has 1 rings (SSSR count). The summed E-state index contributed by atoms with van der Waals surface area (Å²) in [5, 5.41) is 12.6. The van der Waals surface area contributed by atoms with Gasteiger partial charge in [-0.05, 0) is 38.0 Å². The third-order valence-corrected chi connectivity index (χ3v) is 3.27. The van der Waals surface area contributed by atoms with Gasteiger partial charge in [0.25, 0.3) is 5.91 Å². The van der Waals surface area contributed by atoms with Gasteiger partial charge in [-0.15, -0.1) is 0 Å². The Hall–Kier alpha value is -1.07. The fourth-order valence-corrected chi connectivity index (χ4v) is 2.02. The molecule has 0 spiro atoms. The van der Waals surface area contributed by atoms with E-state index in [-0.39, 0.29) is 5.91 Å². The summed E-state index contributed by atoms with van der Waals surface area (Å²) in [7, 11) is 0. The number of carbonyl (C=O) groups excluding carboxylic acids is 1. The monoisotopic (exact) mass is 343 g/mol. The lowest BCUT2D eigenvalue weighted by molar-refractivity contribution is -0.127. The van der Waals surface area contributed by atoms with Crippen LogP contribution < -0.4 is 10.1 Å². The zero-order valence-corrected chi connectivity index (χ0v) is 13.9. The van der Waals surface area contributed by atoms with Crippen molar-refractivity contribution in [3.63, 3.8) is 0 Å². The molecule has 0 aliphatic heterocycles. The number of rotatable bonds is 6. The maximum atomic E-state index is 11.9. The largest absolute Gasteiger partial charge is 0.481 e. The summed E-state index contributed by atoms with van der Waals surface area (Å²) in [5.74, 6) is 0.764. The Bertz CT molecular complexity index is 460. The minimum atomic E-state index is -0.659. The average molecular weight is 344 g/mol. The van der Waals surface area contributed by atoms with E-state index in [0.717, 1.165) is 4.47 Å². The van der Waals surface area contributed by atoms with E-state index in [9.17, 15) is 9.90 Å². The van der Waals surface area contributed by atoms with Crippen LogP contribution >= 0.6 is 15.9 Å². The van der Waals surface area contributed by atoms with E-state index in [0.29, 0.717) is 23.8 Å². The van der Waals surface area contributed by atoms with Crippen molar-refractivity contribution in [2.45, 2.75) is 39.9 Å². The number of carbonyl (C=O) groups is 1. The number of aliphatic hydroxyl groups is 1. The molecular formula is C15H22BrNO3. The van der Waals surface area contributed by atoms with E-state index >= 15 is 0 Å². The Kier molecular flexibility index (Phi) is 6.49.